The van der Waals surface area contributed by atoms with Crippen LogP contribution >= 0.6 is 0 Å². The van der Waals surface area contributed by atoms with E-state index >= 15 is 0 Å². The van der Waals surface area contributed by atoms with Crippen LogP contribution in [0.3, 0.4) is 0 Å². The van der Waals surface area contributed by atoms with Gasteiger partial charge in [0.2, 0.25) is 0 Å². The van der Waals surface area contributed by atoms with E-state index in [4.69, 9.17) is 0 Å². The Kier molecular flexibility index (Phi) is 3.47. The molecule has 84 valence electrons. The molecule has 0 saturated carbocycles. The molecule has 0 aromatic carbocycles. The van der Waals surface area contributed by atoms with Crippen LogP contribution in [-0.2, 0) is 0 Å². The van der Waals surface area contributed by atoms with Gasteiger partial charge in [-0.2, -0.15) is 0 Å². The fraction of sp³-hybridized carbons (Fsp3) is 0.769. The molecule has 0 spiro atoms. The predicted octanol–water partition coefficient (Wildman–Crippen LogP) is 3.73. The van der Waals surface area contributed by atoms with Crippen LogP contribution in [0.4, 0.5) is 0 Å². The molecule has 1 fully saturated rings. The Balaban J connectivity index is 2.87. The lowest BCUT2D eigenvalue weighted by Gasteiger charge is -2.35. The quantitative estimate of drug-likeness (QED) is 0.481. The molecule has 0 atom stereocenters. The first-order valence-electron chi connectivity index (χ1n) is 5.92. The third-order valence-corrected chi connectivity index (χ3v) is 4.43. The van der Waals surface area contributed by atoms with Gasteiger partial charge in [0.15, 0.2) is 6.71 Å². The van der Waals surface area contributed by atoms with Crippen molar-refractivity contribution in [2.45, 2.75) is 47.3 Å². The van der Waals surface area contributed by atoms with E-state index < -0.39 is 0 Å². The van der Waals surface area contributed by atoms with E-state index in [-0.39, 0.29) is 0 Å². The van der Waals surface area contributed by atoms with Crippen molar-refractivity contribution in [1.82, 2.24) is 0 Å². The highest BCUT2D eigenvalue weighted by molar-refractivity contribution is 6.72. The van der Waals surface area contributed by atoms with E-state index in [1.165, 1.54) is 18.1 Å². The summed E-state index contributed by atoms with van der Waals surface area (Å²) in [5, 5.41) is 0. The van der Waals surface area contributed by atoms with Gasteiger partial charge in [-0.25, -0.2) is 0 Å². The number of hydrogen-bond acceptors (Lipinski definition) is 1. The number of aliphatic imine (C=N–C) groups is 1. The highest BCUT2D eigenvalue weighted by Crippen LogP contribution is 2.53. The maximum absolute atomic E-state index is 4.15. The topological polar surface area (TPSA) is 12.4 Å². The van der Waals surface area contributed by atoms with E-state index in [1.807, 2.05) is 13.3 Å². The average molecular weight is 205 g/mol. The van der Waals surface area contributed by atoms with Gasteiger partial charge in [0.05, 0.1) is 0 Å². The minimum absolute atomic E-state index is 0.438. The minimum Gasteiger partial charge on any atom is -0.297 e. The van der Waals surface area contributed by atoms with Crippen molar-refractivity contribution in [3.8, 4) is 0 Å². The van der Waals surface area contributed by atoms with Crippen molar-refractivity contribution in [2.24, 2.45) is 15.8 Å². The second-order valence-corrected chi connectivity index (χ2v) is 6.05. The van der Waals surface area contributed by atoms with Crippen molar-refractivity contribution in [1.29, 1.82) is 0 Å². The van der Waals surface area contributed by atoms with Gasteiger partial charge >= 0.3 is 0 Å². The molecule has 1 aliphatic rings. The van der Waals surface area contributed by atoms with Crippen LogP contribution in [0.2, 0.25) is 12.6 Å². The van der Waals surface area contributed by atoms with Gasteiger partial charge < -0.3 is 0 Å². The molecule has 15 heavy (non-hydrogen) atoms. The van der Waals surface area contributed by atoms with Gasteiger partial charge in [0, 0.05) is 13.3 Å². The van der Waals surface area contributed by atoms with Crippen molar-refractivity contribution >= 4 is 12.9 Å². The zero-order chi connectivity index (χ0) is 11.7. The van der Waals surface area contributed by atoms with Crippen LogP contribution in [0.5, 0.6) is 0 Å². The smallest absolute Gasteiger partial charge is 0.178 e. The lowest BCUT2D eigenvalue weighted by atomic mass is 9.41. The standard InChI is InChI=1S/C13H24BN/c1-7-11(8-15-6)14-9-12(2,3)13(4,5)10-14/h7-8H,9-10H2,1-6H3/b11-7+,15-8?. The Morgan fingerprint density at radius 2 is 1.60 bits per heavy atom. The first-order chi connectivity index (χ1) is 6.84. The Hall–Kier alpha value is -0.525. The monoisotopic (exact) mass is 205 g/mol. The summed E-state index contributed by atoms with van der Waals surface area (Å²) < 4.78 is 0. The summed E-state index contributed by atoms with van der Waals surface area (Å²) in [4.78, 5) is 4.15. The fourth-order valence-corrected chi connectivity index (χ4v) is 2.66. The molecular weight excluding hydrogens is 181 g/mol. The van der Waals surface area contributed by atoms with E-state index in [2.05, 4.69) is 45.7 Å². The maximum Gasteiger partial charge on any atom is 0.178 e. The molecule has 0 radical (unpaired) electrons. The molecule has 0 N–H and O–H groups in total. The Bertz CT molecular complexity index is 271. The first-order valence-corrected chi connectivity index (χ1v) is 5.92. The molecule has 0 aliphatic carbocycles. The normalized spacial score (nSPS) is 25.2. The van der Waals surface area contributed by atoms with Crippen molar-refractivity contribution in [3.05, 3.63) is 11.5 Å². The van der Waals surface area contributed by atoms with Crippen molar-refractivity contribution < 1.29 is 0 Å². The second kappa shape index (κ2) is 4.15. The molecule has 0 amide bonds. The number of nitrogens with zero attached hydrogens (tertiary/aromatic N) is 1. The van der Waals surface area contributed by atoms with E-state index in [1.54, 1.807) is 0 Å². The second-order valence-electron chi connectivity index (χ2n) is 6.05. The molecule has 1 rings (SSSR count). The molecule has 1 saturated heterocycles. The number of rotatable bonds is 2. The maximum atomic E-state index is 4.15. The molecule has 2 heteroatoms. The average Bonchev–Trinajstić information content (AvgIpc) is 2.32. The van der Waals surface area contributed by atoms with Gasteiger partial charge in [-0.3, -0.25) is 4.99 Å². The molecule has 0 unspecified atom stereocenters. The largest absolute Gasteiger partial charge is 0.297 e. The Morgan fingerprint density at radius 3 is 1.93 bits per heavy atom. The summed E-state index contributed by atoms with van der Waals surface area (Å²) in [7, 11) is 1.86. The summed E-state index contributed by atoms with van der Waals surface area (Å²) >= 11 is 0. The molecule has 1 heterocycles. The predicted molar refractivity (Wildman–Crippen MR) is 71.1 cm³/mol. The highest BCUT2D eigenvalue weighted by Gasteiger charge is 2.48. The highest BCUT2D eigenvalue weighted by atomic mass is 14.6. The van der Waals surface area contributed by atoms with Crippen LogP contribution in [-0.4, -0.2) is 20.0 Å². The third kappa shape index (κ3) is 2.35. The summed E-state index contributed by atoms with van der Waals surface area (Å²) in [6.45, 7) is 12.4. The van der Waals surface area contributed by atoms with Crippen LogP contribution in [0.15, 0.2) is 16.5 Å². The fourth-order valence-electron chi connectivity index (χ4n) is 2.66. The van der Waals surface area contributed by atoms with Gasteiger partial charge in [0.25, 0.3) is 0 Å². The number of allylic oxidation sites excluding steroid dienone is 2. The van der Waals surface area contributed by atoms with E-state index in [9.17, 15) is 0 Å². The Morgan fingerprint density at radius 1 is 1.13 bits per heavy atom. The van der Waals surface area contributed by atoms with Gasteiger partial charge in [-0.1, -0.05) is 51.9 Å². The first kappa shape index (κ1) is 12.5. The summed E-state index contributed by atoms with van der Waals surface area (Å²) in [6, 6.07) is 0. The minimum atomic E-state index is 0.438. The lowest BCUT2D eigenvalue weighted by Crippen LogP contribution is -2.24. The Labute approximate surface area is 95.1 Å². The van der Waals surface area contributed by atoms with Crippen LogP contribution in [0, 0.1) is 10.8 Å². The van der Waals surface area contributed by atoms with Gasteiger partial charge in [0.1, 0.15) is 0 Å². The molecule has 1 aliphatic heterocycles. The van der Waals surface area contributed by atoms with Crippen LogP contribution < -0.4 is 0 Å². The summed E-state index contributed by atoms with van der Waals surface area (Å²) in [5.41, 5.74) is 2.29. The molecular formula is C13H24BN. The summed E-state index contributed by atoms with van der Waals surface area (Å²) in [5.74, 6) is 0. The van der Waals surface area contributed by atoms with Gasteiger partial charge in [-0.05, 0) is 17.8 Å². The lowest BCUT2D eigenvalue weighted by molar-refractivity contribution is 0.177. The number of hydrogen-bond donors (Lipinski definition) is 0. The zero-order valence-electron chi connectivity index (χ0n) is 11.1. The van der Waals surface area contributed by atoms with Crippen molar-refractivity contribution in [3.63, 3.8) is 0 Å². The van der Waals surface area contributed by atoms with Crippen molar-refractivity contribution in [2.75, 3.05) is 7.05 Å². The SMILES string of the molecule is C/C=C(\C=NC)B1CC(C)(C)C(C)(C)C1. The van der Waals surface area contributed by atoms with E-state index in [0.29, 0.717) is 17.5 Å². The molecule has 0 aromatic heterocycles. The van der Waals surface area contributed by atoms with Gasteiger partial charge in [-0.15, -0.1) is 0 Å². The third-order valence-electron chi connectivity index (χ3n) is 4.43. The molecule has 1 nitrogen and oxygen atoms in total. The van der Waals surface area contributed by atoms with Crippen LogP contribution in [0.1, 0.15) is 34.6 Å². The molecule has 0 bridgehead atoms. The summed E-state index contributed by atoms with van der Waals surface area (Å²) in [6.07, 6.45) is 6.81. The van der Waals surface area contributed by atoms with E-state index in [0.717, 1.165) is 0 Å². The zero-order valence-corrected chi connectivity index (χ0v) is 11.1. The van der Waals surface area contributed by atoms with Crippen LogP contribution in [0.25, 0.3) is 0 Å². The molecule has 0 aromatic rings.